The Morgan fingerprint density at radius 2 is 1.18 bits per heavy atom. The van der Waals surface area contributed by atoms with Crippen LogP contribution in [0.2, 0.25) is 0 Å². The van der Waals surface area contributed by atoms with Gasteiger partial charge in [-0.3, -0.25) is 0 Å². The number of hydrazine groups is 1. The largest absolute Gasteiger partial charge is 0.463 e. The summed E-state index contributed by atoms with van der Waals surface area (Å²) in [4.78, 5) is 36.8. The zero-order valence-electron chi connectivity index (χ0n) is 26.1. The van der Waals surface area contributed by atoms with Gasteiger partial charge in [0.2, 0.25) is 0 Å². The van der Waals surface area contributed by atoms with Crippen LogP contribution in [-0.4, -0.2) is 75.1 Å². The van der Waals surface area contributed by atoms with Crippen molar-refractivity contribution in [3.63, 3.8) is 0 Å². The van der Waals surface area contributed by atoms with Crippen LogP contribution in [0.25, 0.3) is 0 Å². The number of aryl methyl sites for hydroxylation is 2. The van der Waals surface area contributed by atoms with E-state index < -0.39 is 39.3 Å². The van der Waals surface area contributed by atoms with Gasteiger partial charge in [-0.1, -0.05) is 48.0 Å². The third-order valence-corrected chi connectivity index (χ3v) is 7.92. The first kappa shape index (κ1) is 36.7. The van der Waals surface area contributed by atoms with Gasteiger partial charge in [0, 0.05) is 19.4 Å². The third-order valence-electron chi connectivity index (χ3n) is 6.39. The maximum absolute atomic E-state index is 12.5. The number of esters is 2. The first-order valence-electron chi connectivity index (χ1n) is 14.4. The van der Waals surface area contributed by atoms with Crippen LogP contribution in [0.3, 0.4) is 0 Å². The summed E-state index contributed by atoms with van der Waals surface area (Å²) in [6, 6.07) is 15.8. The number of carbonyl (C=O) groups excluding carboxylic acids is 3. The number of carbonyl (C=O) groups is 3. The Morgan fingerprint density at radius 3 is 1.73 bits per heavy atom. The van der Waals surface area contributed by atoms with Crippen molar-refractivity contribution in [2.75, 3.05) is 33.0 Å². The van der Waals surface area contributed by atoms with E-state index in [2.05, 4.69) is 0 Å². The topological polar surface area (TPSA) is 161 Å². The Bertz CT molecular complexity index is 1310. The molecule has 1 amide bonds. The fraction of sp³-hybridized carbons (Fsp3) is 0.516. The van der Waals surface area contributed by atoms with Crippen molar-refractivity contribution in [2.24, 2.45) is 5.84 Å². The predicted molar refractivity (Wildman–Crippen MR) is 162 cm³/mol. The second-order valence-electron chi connectivity index (χ2n) is 11.0. The zero-order chi connectivity index (χ0) is 32.8. The molecule has 2 aromatic rings. The molecule has 13 heteroatoms. The van der Waals surface area contributed by atoms with Crippen molar-refractivity contribution in [1.29, 1.82) is 0 Å². The van der Waals surface area contributed by atoms with Gasteiger partial charge in [-0.2, -0.15) is 8.42 Å². The van der Waals surface area contributed by atoms with E-state index in [0.717, 1.165) is 18.4 Å². The standard InChI is InChI=1S/C31H44N2O10S/c1-24-15-17-26(18-16-24)44(37,38)33(32)29(36)41-21-10-19-39-28(35)31(4,5)43-23-11-20-40-27(34)30(2,3)42-22-9-14-25-12-7-6-8-13-25/h6-8,12-13,15-18H,9-11,14,19-23,32H2,1-5H3. The van der Waals surface area contributed by atoms with E-state index in [9.17, 15) is 22.8 Å². The van der Waals surface area contributed by atoms with Gasteiger partial charge in [0.15, 0.2) is 11.2 Å². The number of ether oxygens (including phenoxy) is 5. The van der Waals surface area contributed by atoms with E-state index in [1.54, 1.807) is 32.9 Å². The summed E-state index contributed by atoms with van der Waals surface area (Å²) in [5.41, 5.74) is -0.322. The van der Waals surface area contributed by atoms with E-state index in [0.29, 0.717) is 13.0 Å². The van der Waals surface area contributed by atoms with E-state index >= 15 is 0 Å². The van der Waals surface area contributed by atoms with Crippen LogP contribution < -0.4 is 5.84 Å². The van der Waals surface area contributed by atoms with Gasteiger partial charge >= 0.3 is 18.0 Å². The van der Waals surface area contributed by atoms with Gasteiger partial charge in [0.05, 0.1) is 31.3 Å². The van der Waals surface area contributed by atoms with Gasteiger partial charge in [-0.15, -0.1) is 4.41 Å². The molecule has 0 bridgehead atoms. The molecule has 0 aromatic heterocycles. The molecule has 0 unspecified atom stereocenters. The van der Waals surface area contributed by atoms with E-state index in [4.69, 9.17) is 29.5 Å². The first-order chi connectivity index (χ1) is 20.7. The minimum absolute atomic E-state index is 0.0269. The predicted octanol–water partition coefficient (Wildman–Crippen LogP) is 4.09. The molecular formula is C31H44N2O10S. The van der Waals surface area contributed by atoms with E-state index in [1.807, 2.05) is 30.3 Å². The lowest BCUT2D eigenvalue weighted by Gasteiger charge is -2.24. The Balaban J connectivity index is 1.59. The highest BCUT2D eigenvalue weighted by atomic mass is 32.2. The van der Waals surface area contributed by atoms with Crippen molar-refractivity contribution >= 4 is 28.1 Å². The van der Waals surface area contributed by atoms with Crippen molar-refractivity contribution in [3.8, 4) is 0 Å². The summed E-state index contributed by atoms with van der Waals surface area (Å²) in [5.74, 6) is 4.34. The van der Waals surface area contributed by atoms with E-state index in [-0.39, 0.29) is 42.2 Å². The Hall–Kier alpha value is -3.52. The van der Waals surface area contributed by atoms with Crippen molar-refractivity contribution < 1.29 is 46.5 Å². The molecule has 44 heavy (non-hydrogen) atoms. The number of nitrogens with zero attached hydrogens (tertiary/aromatic N) is 1. The summed E-state index contributed by atoms with van der Waals surface area (Å²) in [6.45, 7) is 8.48. The van der Waals surface area contributed by atoms with Crippen LogP contribution in [-0.2, 0) is 49.7 Å². The monoisotopic (exact) mass is 636 g/mol. The molecule has 12 nitrogen and oxygen atoms in total. The molecule has 0 spiro atoms. The summed E-state index contributed by atoms with van der Waals surface area (Å²) in [5, 5.41) is 0. The zero-order valence-corrected chi connectivity index (χ0v) is 26.9. The minimum atomic E-state index is -4.27. The van der Waals surface area contributed by atoms with Crippen molar-refractivity contribution in [3.05, 3.63) is 65.7 Å². The Morgan fingerprint density at radius 1 is 0.705 bits per heavy atom. The quantitative estimate of drug-likeness (QED) is 0.0627. The molecular weight excluding hydrogens is 592 g/mol. The van der Waals surface area contributed by atoms with Gasteiger partial charge in [-0.25, -0.2) is 20.2 Å². The molecule has 2 rings (SSSR count). The summed E-state index contributed by atoms with van der Waals surface area (Å²) < 4.78 is 51.7. The van der Waals surface area contributed by atoms with Gasteiger partial charge in [0.1, 0.15) is 0 Å². The Labute approximate surface area is 259 Å². The molecule has 0 aliphatic heterocycles. The van der Waals surface area contributed by atoms with Crippen LogP contribution >= 0.6 is 0 Å². The lowest BCUT2D eigenvalue weighted by Crippen LogP contribution is -2.43. The number of hydrogen-bond donors (Lipinski definition) is 1. The number of amides is 1. The summed E-state index contributed by atoms with van der Waals surface area (Å²) in [7, 11) is -4.27. The lowest BCUT2D eigenvalue weighted by atomic mass is 10.1. The number of benzene rings is 2. The molecule has 0 aliphatic rings. The molecule has 0 fully saturated rings. The minimum Gasteiger partial charge on any atom is -0.463 e. The molecule has 0 atom stereocenters. The van der Waals surface area contributed by atoms with Gasteiger partial charge in [0.25, 0.3) is 10.0 Å². The molecule has 0 radical (unpaired) electrons. The third kappa shape index (κ3) is 11.9. The van der Waals surface area contributed by atoms with Crippen LogP contribution in [0.15, 0.2) is 59.5 Å². The smallest absolute Gasteiger partial charge is 0.438 e. The molecule has 2 aromatic carbocycles. The van der Waals surface area contributed by atoms with E-state index in [1.165, 1.54) is 31.5 Å². The van der Waals surface area contributed by atoms with Crippen LogP contribution in [0, 0.1) is 6.92 Å². The number of hydrogen-bond acceptors (Lipinski definition) is 11. The maximum Gasteiger partial charge on any atom is 0.438 e. The molecule has 0 aliphatic carbocycles. The Kier molecular flexibility index (Phi) is 14.2. The molecule has 0 heterocycles. The highest BCUT2D eigenvalue weighted by Gasteiger charge is 2.32. The maximum atomic E-state index is 12.5. The average molecular weight is 637 g/mol. The van der Waals surface area contributed by atoms with Crippen LogP contribution in [0.4, 0.5) is 4.79 Å². The SMILES string of the molecule is Cc1ccc(S(=O)(=O)N(N)C(=O)OCCCOC(=O)C(C)(C)OCCCOC(=O)C(C)(C)OCCCc2ccccc2)cc1. The molecule has 244 valence electrons. The molecule has 0 saturated heterocycles. The fourth-order valence-electron chi connectivity index (χ4n) is 3.63. The van der Waals surface area contributed by atoms with Crippen LogP contribution in [0.1, 0.15) is 58.1 Å². The van der Waals surface area contributed by atoms with Gasteiger partial charge in [-0.05, 0) is 65.2 Å². The van der Waals surface area contributed by atoms with Crippen molar-refractivity contribution in [1.82, 2.24) is 4.41 Å². The highest BCUT2D eigenvalue weighted by molar-refractivity contribution is 7.89. The lowest BCUT2D eigenvalue weighted by molar-refractivity contribution is -0.172. The fourth-order valence-corrected chi connectivity index (χ4v) is 4.59. The second kappa shape index (κ2) is 17.1. The normalized spacial score (nSPS) is 12.0. The summed E-state index contributed by atoms with van der Waals surface area (Å²) >= 11 is 0. The van der Waals surface area contributed by atoms with Crippen LogP contribution in [0.5, 0.6) is 0 Å². The van der Waals surface area contributed by atoms with Gasteiger partial charge < -0.3 is 23.7 Å². The summed E-state index contributed by atoms with van der Waals surface area (Å²) in [6.07, 6.45) is 0.814. The molecule has 2 N–H and O–H groups in total. The molecule has 0 saturated carbocycles. The number of nitrogens with two attached hydrogens (primary N) is 1. The highest BCUT2D eigenvalue weighted by Crippen LogP contribution is 2.16. The number of rotatable bonds is 18. The first-order valence-corrected chi connectivity index (χ1v) is 15.8. The second-order valence-corrected chi connectivity index (χ2v) is 12.8. The average Bonchev–Trinajstić information content (AvgIpc) is 2.98. The number of sulfonamides is 1. The van der Waals surface area contributed by atoms with Crippen molar-refractivity contribution in [2.45, 2.75) is 76.4 Å².